The lowest BCUT2D eigenvalue weighted by atomic mass is 10.0. The van der Waals surface area contributed by atoms with Crippen LogP contribution >= 0.6 is 0 Å². The molecular formula is C15H20O3. The maximum Gasteiger partial charge on any atom is 0.306 e. The highest BCUT2D eigenvalue weighted by Gasteiger charge is 2.31. The Morgan fingerprint density at radius 2 is 2.06 bits per heavy atom. The van der Waals surface area contributed by atoms with E-state index in [1.165, 1.54) is 5.56 Å². The summed E-state index contributed by atoms with van der Waals surface area (Å²) in [5.74, 6) is 0.390. The maximum atomic E-state index is 10.9. The Morgan fingerprint density at radius 1 is 1.33 bits per heavy atom. The summed E-state index contributed by atoms with van der Waals surface area (Å²) in [7, 11) is 0. The maximum absolute atomic E-state index is 10.9. The van der Waals surface area contributed by atoms with Crippen molar-refractivity contribution in [3.63, 3.8) is 0 Å². The molecule has 3 nitrogen and oxygen atoms in total. The molecule has 1 fully saturated rings. The van der Waals surface area contributed by atoms with E-state index < -0.39 is 5.97 Å². The van der Waals surface area contributed by atoms with E-state index >= 15 is 0 Å². The number of carboxylic acid groups (broad SMARTS) is 1. The van der Waals surface area contributed by atoms with Crippen LogP contribution in [-0.4, -0.2) is 17.2 Å². The van der Waals surface area contributed by atoms with Crippen LogP contribution in [0.4, 0.5) is 0 Å². The third-order valence-corrected chi connectivity index (χ3v) is 3.57. The van der Waals surface area contributed by atoms with Crippen LogP contribution in [-0.2, 0) is 4.79 Å². The fourth-order valence-corrected chi connectivity index (χ4v) is 2.52. The van der Waals surface area contributed by atoms with E-state index in [0.29, 0.717) is 12.3 Å². The average Bonchev–Trinajstić information content (AvgIpc) is 2.78. The summed E-state index contributed by atoms with van der Waals surface area (Å²) in [6, 6.07) is 8.02. The van der Waals surface area contributed by atoms with Crippen molar-refractivity contribution >= 4 is 5.97 Å². The number of para-hydroxylation sites is 1. The Labute approximate surface area is 108 Å². The van der Waals surface area contributed by atoms with Gasteiger partial charge in [-0.3, -0.25) is 4.79 Å². The van der Waals surface area contributed by atoms with Gasteiger partial charge in [-0.1, -0.05) is 32.0 Å². The first kappa shape index (κ1) is 12.9. The molecule has 98 valence electrons. The molecular weight excluding hydrogens is 228 g/mol. The van der Waals surface area contributed by atoms with Crippen molar-refractivity contribution in [2.24, 2.45) is 5.92 Å². The summed E-state index contributed by atoms with van der Waals surface area (Å²) in [6.45, 7) is 4.27. The molecule has 2 unspecified atom stereocenters. The minimum Gasteiger partial charge on any atom is -0.490 e. The zero-order valence-corrected chi connectivity index (χ0v) is 10.9. The predicted molar refractivity (Wildman–Crippen MR) is 69.9 cm³/mol. The van der Waals surface area contributed by atoms with Gasteiger partial charge in [0.05, 0.1) is 12.0 Å². The van der Waals surface area contributed by atoms with E-state index in [1.807, 2.05) is 18.2 Å². The minimum atomic E-state index is -0.696. The van der Waals surface area contributed by atoms with Gasteiger partial charge in [0.2, 0.25) is 0 Å². The Kier molecular flexibility index (Phi) is 3.90. The molecule has 1 aromatic carbocycles. The fraction of sp³-hybridized carbons (Fsp3) is 0.533. The van der Waals surface area contributed by atoms with Crippen molar-refractivity contribution in [1.29, 1.82) is 0 Å². The van der Waals surface area contributed by atoms with Gasteiger partial charge in [0.25, 0.3) is 0 Å². The molecule has 0 aromatic heterocycles. The third-order valence-electron chi connectivity index (χ3n) is 3.57. The molecule has 1 aliphatic carbocycles. The molecule has 0 bridgehead atoms. The summed E-state index contributed by atoms with van der Waals surface area (Å²) in [4.78, 5) is 10.9. The molecule has 0 radical (unpaired) electrons. The van der Waals surface area contributed by atoms with Crippen LogP contribution in [0, 0.1) is 5.92 Å². The van der Waals surface area contributed by atoms with Crippen molar-refractivity contribution in [2.45, 2.75) is 45.1 Å². The van der Waals surface area contributed by atoms with E-state index in [9.17, 15) is 4.79 Å². The van der Waals surface area contributed by atoms with E-state index in [0.717, 1.165) is 18.6 Å². The number of carboxylic acids is 1. The van der Waals surface area contributed by atoms with Crippen LogP contribution in [0.1, 0.15) is 44.6 Å². The van der Waals surface area contributed by atoms with E-state index in [1.54, 1.807) is 0 Å². The van der Waals surface area contributed by atoms with Crippen LogP contribution in [0.15, 0.2) is 24.3 Å². The predicted octanol–water partition coefficient (Wildman–Crippen LogP) is 3.44. The largest absolute Gasteiger partial charge is 0.490 e. The number of hydrogen-bond donors (Lipinski definition) is 1. The Bertz CT molecular complexity index is 426. The molecule has 0 saturated heterocycles. The van der Waals surface area contributed by atoms with Gasteiger partial charge < -0.3 is 9.84 Å². The first-order valence-electron chi connectivity index (χ1n) is 6.56. The molecule has 1 saturated carbocycles. The highest BCUT2D eigenvalue weighted by Crippen LogP contribution is 2.32. The van der Waals surface area contributed by atoms with Crippen molar-refractivity contribution in [3.8, 4) is 5.75 Å². The molecule has 2 rings (SSSR count). The SMILES string of the molecule is CC(C)c1ccccc1OC1CCC(C(=O)O)C1. The van der Waals surface area contributed by atoms with Crippen LogP contribution in [0.25, 0.3) is 0 Å². The Morgan fingerprint density at radius 3 is 2.67 bits per heavy atom. The van der Waals surface area contributed by atoms with Gasteiger partial charge >= 0.3 is 5.97 Å². The molecule has 3 heteroatoms. The lowest BCUT2D eigenvalue weighted by Gasteiger charge is -2.18. The van der Waals surface area contributed by atoms with Gasteiger partial charge in [-0.25, -0.2) is 0 Å². The van der Waals surface area contributed by atoms with Crippen molar-refractivity contribution in [3.05, 3.63) is 29.8 Å². The second-order valence-electron chi connectivity index (χ2n) is 5.28. The first-order chi connectivity index (χ1) is 8.58. The van der Waals surface area contributed by atoms with Crippen LogP contribution in [0.5, 0.6) is 5.75 Å². The third kappa shape index (κ3) is 2.84. The molecule has 0 spiro atoms. The van der Waals surface area contributed by atoms with Crippen LogP contribution < -0.4 is 4.74 Å². The molecule has 18 heavy (non-hydrogen) atoms. The smallest absolute Gasteiger partial charge is 0.306 e. The minimum absolute atomic E-state index is 0.0472. The van der Waals surface area contributed by atoms with Gasteiger partial charge in [-0.2, -0.15) is 0 Å². The van der Waals surface area contributed by atoms with Crippen molar-refractivity contribution in [1.82, 2.24) is 0 Å². The van der Waals surface area contributed by atoms with E-state index in [-0.39, 0.29) is 12.0 Å². The number of aliphatic carboxylic acids is 1. The van der Waals surface area contributed by atoms with E-state index in [2.05, 4.69) is 19.9 Å². The molecule has 1 aliphatic rings. The highest BCUT2D eigenvalue weighted by atomic mass is 16.5. The lowest BCUT2D eigenvalue weighted by Crippen LogP contribution is -2.16. The second kappa shape index (κ2) is 5.42. The zero-order valence-electron chi connectivity index (χ0n) is 10.9. The molecule has 0 amide bonds. The van der Waals surface area contributed by atoms with Crippen molar-refractivity contribution < 1.29 is 14.6 Å². The molecule has 0 aliphatic heterocycles. The van der Waals surface area contributed by atoms with Gasteiger partial charge in [-0.15, -0.1) is 0 Å². The number of carbonyl (C=O) groups is 1. The van der Waals surface area contributed by atoms with Crippen LogP contribution in [0.3, 0.4) is 0 Å². The number of ether oxygens (including phenoxy) is 1. The summed E-state index contributed by atoms with van der Waals surface area (Å²) in [5.41, 5.74) is 1.19. The van der Waals surface area contributed by atoms with Crippen molar-refractivity contribution in [2.75, 3.05) is 0 Å². The molecule has 0 heterocycles. The number of rotatable bonds is 4. The average molecular weight is 248 g/mol. The van der Waals surface area contributed by atoms with Gasteiger partial charge in [0.1, 0.15) is 5.75 Å². The van der Waals surface area contributed by atoms with Crippen LogP contribution in [0.2, 0.25) is 0 Å². The monoisotopic (exact) mass is 248 g/mol. The fourth-order valence-electron chi connectivity index (χ4n) is 2.52. The van der Waals surface area contributed by atoms with Gasteiger partial charge in [-0.05, 0) is 36.8 Å². The van der Waals surface area contributed by atoms with Gasteiger partial charge in [0, 0.05) is 0 Å². The number of benzene rings is 1. The summed E-state index contributed by atoms with van der Waals surface area (Å²) >= 11 is 0. The number of hydrogen-bond acceptors (Lipinski definition) is 2. The molecule has 2 atom stereocenters. The first-order valence-corrected chi connectivity index (χ1v) is 6.56. The standard InChI is InChI=1S/C15H20O3/c1-10(2)13-5-3-4-6-14(13)18-12-8-7-11(9-12)15(16)17/h3-6,10-12H,7-9H2,1-2H3,(H,16,17). The molecule has 1 N–H and O–H groups in total. The summed E-state index contributed by atoms with van der Waals surface area (Å²) < 4.78 is 5.98. The topological polar surface area (TPSA) is 46.5 Å². The second-order valence-corrected chi connectivity index (χ2v) is 5.28. The Hall–Kier alpha value is -1.51. The van der Waals surface area contributed by atoms with Gasteiger partial charge in [0.15, 0.2) is 0 Å². The van der Waals surface area contributed by atoms with E-state index in [4.69, 9.17) is 9.84 Å². The normalized spacial score (nSPS) is 23.3. The summed E-state index contributed by atoms with van der Waals surface area (Å²) in [6.07, 6.45) is 2.24. The highest BCUT2D eigenvalue weighted by molar-refractivity contribution is 5.70. The quantitative estimate of drug-likeness (QED) is 0.887. The Balaban J connectivity index is 2.04. The lowest BCUT2D eigenvalue weighted by molar-refractivity contribution is -0.141. The summed E-state index contributed by atoms with van der Waals surface area (Å²) in [5, 5.41) is 8.98. The zero-order chi connectivity index (χ0) is 13.1. The molecule has 1 aromatic rings.